The van der Waals surface area contributed by atoms with E-state index in [1.54, 1.807) is 0 Å². The molecule has 1 fully saturated rings. The van der Waals surface area contributed by atoms with Crippen molar-refractivity contribution in [3.8, 4) is 11.8 Å². The van der Waals surface area contributed by atoms with Crippen LogP contribution in [0.4, 0.5) is 4.39 Å². The molecule has 0 N–H and O–H groups in total. The van der Waals surface area contributed by atoms with E-state index >= 15 is 0 Å². The highest BCUT2D eigenvalue weighted by Gasteiger charge is 2.26. The molecule has 0 amide bonds. The van der Waals surface area contributed by atoms with E-state index in [0.717, 1.165) is 50.1 Å². The fraction of sp³-hybridized carbons (Fsp3) is 0.348. The van der Waals surface area contributed by atoms with Crippen LogP contribution in [-0.2, 0) is 11.2 Å². The third kappa shape index (κ3) is 3.48. The van der Waals surface area contributed by atoms with Gasteiger partial charge in [-0.25, -0.2) is 4.39 Å². The minimum atomic E-state index is -0.225. The first-order valence-corrected chi connectivity index (χ1v) is 9.62. The average molecular weight is 362 g/mol. The number of ether oxygens (including phenoxy) is 1. The number of aromatic nitrogens is 1. The molecule has 0 radical (unpaired) electrons. The third-order valence-electron chi connectivity index (χ3n) is 5.43. The number of unbranched alkanes of at least 4 members (excludes halogenated alkanes) is 1. The molecule has 0 unspecified atom stereocenters. The van der Waals surface area contributed by atoms with Crippen molar-refractivity contribution >= 4 is 10.9 Å². The Hall–Kier alpha value is -2.64. The maximum absolute atomic E-state index is 13.5. The Morgan fingerprint density at radius 2 is 1.81 bits per heavy atom. The van der Waals surface area contributed by atoms with Crippen molar-refractivity contribution in [2.45, 2.75) is 38.0 Å². The molecule has 4 heteroatoms. The smallest absolute Gasteiger partial charge is 0.123 e. The highest BCUT2D eigenvalue weighted by molar-refractivity contribution is 5.87. The van der Waals surface area contributed by atoms with Gasteiger partial charge in [0.1, 0.15) is 5.82 Å². The summed E-state index contributed by atoms with van der Waals surface area (Å²) in [6.45, 7) is 1.54. The molecule has 138 valence electrons. The van der Waals surface area contributed by atoms with Crippen LogP contribution in [0.15, 0.2) is 48.5 Å². The second kappa shape index (κ2) is 7.94. The van der Waals surface area contributed by atoms with Crippen LogP contribution < -0.4 is 0 Å². The number of halogens is 1. The van der Waals surface area contributed by atoms with Crippen LogP contribution in [0, 0.1) is 17.1 Å². The largest absolute Gasteiger partial charge is 0.381 e. The normalized spacial score (nSPS) is 15.1. The number of rotatable bonds is 5. The van der Waals surface area contributed by atoms with Gasteiger partial charge in [0.15, 0.2) is 0 Å². The fourth-order valence-corrected chi connectivity index (χ4v) is 4.20. The summed E-state index contributed by atoms with van der Waals surface area (Å²) in [5.41, 5.74) is 4.78. The first kappa shape index (κ1) is 17.8. The van der Waals surface area contributed by atoms with Gasteiger partial charge in [0.05, 0.1) is 11.6 Å². The lowest BCUT2D eigenvalue weighted by Gasteiger charge is -2.25. The Bertz CT molecular complexity index is 962. The number of hydrogen-bond acceptors (Lipinski definition) is 2. The van der Waals surface area contributed by atoms with E-state index in [4.69, 9.17) is 10.00 Å². The first-order valence-electron chi connectivity index (χ1n) is 9.62. The Labute approximate surface area is 159 Å². The molecule has 0 bridgehead atoms. The van der Waals surface area contributed by atoms with Gasteiger partial charge in [0.2, 0.25) is 0 Å². The number of hydrogen-bond donors (Lipinski definition) is 0. The molecule has 1 saturated heterocycles. The molecule has 1 aliphatic rings. The number of para-hydroxylation sites is 1. The summed E-state index contributed by atoms with van der Waals surface area (Å²) in [7, 11) is 0. The molecule has 0 aliphatic carbocycles. The van der Waals surface area contributed by atoms with Gasteiger partial charge < -0.3 is 9.30 Å². The van der Waals surface area contributed by atoms with Crippen molar-refractivity contribution in [2.75, 3.05) is 13.2 Å². The lowest BCUT2D eigenvalue weighted by molar-refractivity contribution is 0.0841. The number of nitriles is 1. The average Bonchev–Trinajstić information content (AvgIpc) is 3.04. The molecule has 2 aromatic carbocycles. The molecule has 3 aromatic rings. The van der Waals surface area contributed by atoms with E-state index in [1.807, 2.05) is 12.1 Å². The maximum Gasteiger partial charge on any atom is 0.123 e. The van der Waals surface area contributed by atoms with Crippen molar-refractivity contribution in [1.82, 2.24) is 4.57 Å². The Morgan fingerprint density at radius 1 is 1.07 bits per heavy atom. The maximum atomic E-state index is 13.5. The molecular weight excluding hydrogens is 339 g/mol. The topological polar surface area (TPSA) is 37.9 Å². The second-order valence-electron chi connectivity index (χ2n) is 7.09. The molecule has 0 saturated carbocycles. The van der Waals surface area contributed by atoms with Crippen molar-refractivity contribution in [3.05, 3.63) is 65.6 Å². The third-order valence-corrected chi connectivity index (χ3v) is 5.43. The predicted molar refractivity (Wildman–Crippen MR) is 105 cm³/mol. The Morgan fingerprint density at radius 3 is 2.56 bits per heavy atom. The van der Waals surface area contributed by atoms with Crippen LogP contribution in [-0.4, -0.2) is 17.8 Å². The van der Waals surface area contributed by atoms with Gasteiger partial charge >= 0.3 is 0 Å². The monoisotopic (exact) mass is 362 g/mol. The van der Waals surface area contributed by atoms with Crippen LogP contribution >= 0.6 is 0 Å². The van der Waals surface area contributed by atoms with Crippen molar-refractivity contribution in [3.63, 3.8) is 0 Å². The zero-order valence-corrected chi connectivity index (χ0v) is 15.3. The summed E-state index contributed by atoms with van der Waals surface area (Å²) in [6.07, 6.45) is 4.27. The van der Waals surface area contributed by atoms with E-state index in [0.29, 0.717) is 12.3 Å². The minimum absolute atomic E-state index is 0.225. The molecule has 1 aliphatic heterocycles. The molecule has 2 heterocycles. The van der Waals surface area contributed by atoms with Crippen LogP contribution in [0.1, 0.15) is 42.9 Å². The Kier molecular flexibility index (Phi) is 5.22. The van der Waals surface area contributed by atoms with E-state index < -0.39 is 0 Å². The summed E-state index contributed by atoms with van der Waals surface area (Å²) in [5.74, 6) is 0.186. The van der Waals surface area contributed by atoms with Crippen molar-refractivity contribution in [1.29, 1.82) is 5.26 Å². The molecule has 4 rings (SSSR count). The highest BCUT2D eigenvalue weighted by Crippen LogP contribution is 2.39. The van der Waals surface area contributed by atoms with Gasteiger partial charge in [-0.3, -0.25) is 0 Å². The summed E-state index contributed by atoms with van der Waals surface area (Å²) < 4.78 is 21.4. The quantitative estimate of drug-likeness (QED) is 0.561. The number of nitrogens with zero attached hydrogens (tertiary/aromatic N) is 2. The summed E-state index contributed by atoms with van der Waals surface area (Å²) in [5, 5.41) is 10.2. The number of aryl methyl sites for hydroxylation is 1. The molecule has 0 atom stereocenters. The SMILES string of the molecule is N#CCCCc1c(C2CCOCC2)n(-c2ccc(F)cc2)c2ccccc12. The summed E-state index contributed by atoms with van der Waals surface area (Å²) in [6, 6.07) is 17.4. The summed E-state index contributed by atoms with van der Waals surface area (Å²) in [4.78, 5) is 0. The van der Waals surface area contributed by atoms with Gasteiger partial charge in [0.25, 0.3) is 0 Å². The van der Waals surface area contributed by atoms with Crippen molar-refractivity contribution < 1.29 is 9.13 Å². The van der Waals surface area contributed by atoms with Crippen LogP contribution in [0.25, 0.3) is 16.6 Å². The second-order valence-corrected chi connectivity index (χ2v) is 7.09. The predicted octanol–water partition coefficient (Wildman–Crippen LogP) is 5.51. The Balaban J connectivity index is 1.93. The van der Waals surface area contributed by atoms with Gasteiger partial charge in [-0.15, -0.1) is 0 Å². The highest BCUT2D eigenvalue weighted by atomic mass is 19.1. The number of fused-ring (bicyclic) bond motifs is 1. The molecular formula is C23H23FN2O. The number of benzene rings is 2. The molecule has 3 nitrogen and oxygen atoms in total. The fourth-order valence-electron chi connectivity index (χ4n) is 4.20. The van der Waals surface area contributed by atoms with Gasteiger partial charge in [0, 0.05) is 42.3 Å². The van der Waals surface area contributed by atoms with Gasteiger partial charge in [-0.05, 0) is 61.6 Å². The van der Waals surface area contributed by atoms with Crippen molar-refractivity contribution in [2.24, 2.45) is 0 Å². The lowest BCUT2D eigenvalue weighted by atomic mass is 9.91. The van der Waals surface area contributed by atoms with Gasteiger partial charge in [-0.1, -0.05) is 18.2 Å². The van der Waals surface area contributed by atoms with Crippen LogP contribution in [0.2, 0.25) is 0 Å². The standard InChI is InChI=1S/C23H23FN2O/c24-18-8-10-19(11-9-18)26-22-7-2-1-5-20(22)21(6-3-4-14-25)23(26)17-12-15-27-16-13-17/h1-2,5,7-11,17H,3-4,6,12-13,15-16H2. The minimum Gasteiger partial charge on any atom is -0.381 e. The van der Waals surface area contributed by atoms with E-state index in [-0.39, 0.29) is 5.82 Å². The van der Waals surface area contributed by atoms with E-state index in [1.165, 1.54) is 28.8 Å². The van der Waals surface area contributed by atoms with E-state index in [2.05, 4.69) is 34.9 Å². The van der Waals surface area contributed by atoms with Crippen LogP contribution in [0.5, 0.6) is 0 Å². The van der Waals surface area contributed by atoms with Crippen LogP contribution in [0.3, 0.4) is 0 Å². The lowest BCUT2D eigenvalue weighted by Crippen LogP contribution is -2.18. The van der Waals surface area contributed by atoms with Gasteiger partial charge in [-0.2, -0.15) is 5.26 Å². The zero-order chi connectivity index (χ0) is 18.6. The zero-order valence-electron chi connectivity index (χ0n) is 15.3. The van der Waals surface area contributed by atoms with E-state index in [9.17, 15) is 4.39 Å². The molecule has 0 spiro atoms. The molecule has 1 aromatic heterocycles. The molecule has 27 heavy (non-hydrogen) atoms. The first-order chi connectivity index (χ1) is 13.3. The summed E-state index contributed by atoms with van der Waals surface area (Å²) >= 11 is 0.